The number of nitrogens with zero attached hydrogens (tertiary/aromatic N) is 1. The van der Waals surface area contributed by atoms with Crippen molar-refractivity contribution in [1.29, 1.82) is 0 Å². The third-order valence-corrected chi connectivity index (χ3v) is 6.78. The van der Waals surface area contributed by atoms with Gasteiger partial charge in [-0.15, -0.1) is 0 Å². The molecule has 0 spiro atoms. The predicted octanol–water partition coefficient (Wildman–Crippen LogP) is 7.76. The molecule has 0 N–H and O–H groups in total. The average Bonchev–Trinajstić information content (AvgIpc) is 2.72. The van der Waals surface area contributed by atoms with Gasteiger partial charge in [0.25, 0.3) is 0 Å². The van der Waals surface area contributed by atoms with Crippen LogP contribution in [0.3, 0.4) is 0 Å². The van der Waals surface area contributed by atoms with Crippen LogP contribution in [0.5, 0.6) is 0 Å². The maximum atomic E-state index is 14.7. The van der Waals surface area contributed by atoms with Gasteiger partial charge < -0.3 is 0 Å². The summed E-state index contributed by atoms with van der Waals surface area (Å²) < 4.78 is 14.7. The number of hydrogen-bond acceptors (Lipinski definition) is 1. The molecule has 1 nitrogen and oxygen atoms in total. The van der Waals surface area contributed by atoms with Crippen LogP contribution < -0.4 is 0 Å². The van der Waals surface area contributed by atoms with Gasteiger partial charge >= 0.3 is 0 Å². The fourth-order valence-electron chi connectivity index (χ4n) is 5.21. The van der Waals surface area contributed by atoms with Crippen LogP contribution in [0, 0.1) is 30.5 Å². The fraction of sp³-hybridized carbons (Fsp3) is 0.577. The third-order valence-electron chi connectivity index (χ3n) is 6.78. The summed E-state index contributed by atoms with van der Waals surface area (Å²) in [5.41, 5.74) is 3.54. The highest BCUT2D eigenvalue weighted by Gasteiger charge is 2.30. The Bertz CT molecular complexity index is 737. The molecule has 0 bridgehead atoms. The highest BCUT2D eigenvalue weighted by Crippen LogP contribution is 2.40. The summed E-state index contributed by atoms with van der Waals surface area (Å²) in [6.45, 7) is 6.67. The lowest BCUT2D eigenvalue weighted by atomic mass is 9.68. The van der Waals surface area contributed by atoms with E-state index in [2.05, 4.69) is 24.9 Å². The number of halogens is 1. The maximum Gasteiger partial charge on any atom is 0.132 e. The molecule has 1 aliphatic carbocycles. The molecule has 1 saturated carbocycles. The van der Waals surface area contributed by atoms with Gasteiger partial charge in [0, 0.05) is 11.8 Å². The van der Waals surface area contributed by atoms with Crippen LogP contribution in [-0.2, 0) is 6.42 Å². The van der Waals surface area contributed by atoms with Gasteiger partial charge in [-0.2, -0.15) is 0 Å². The Morgan fingerprint density at radius 2 is 1.93 bits per heavy atom. The largest absolute Gasteiger partial charge is 0.256 e. The minimum Gasteiger partial charge on any atom is -0.256 e. The van der Waals surface area contributed by atoms with E-state index in [0.29, 0.717) is 11.3 Å². The Morgan fingerprint density at radius 1 is 1.11 bits per heavy atom. The molecule has 3 rings (SSSR count). The molecule has 0 radical (unpaired) electrons. The quantitative estimate of drug-likeness (QED) is 0.455. The van der Waals surface area contributed by atoms with Crippen molar-refractivity contribution in [1.82, 2.24) is 4.98 Å². The maximum absolute atomic E-state index is 14.7. The van der Waals surface area contributed by atoms with Crippen LogP contribution in [0.1, 0.15) is 76.3 Å². The Kier molecular flexibility index (Phi) is 7.65. The normalized spacial score (nSPS) is 20.9. The summed E-state index contributed by atoms with van der Waals surface area (Å²) in [4.78, 5) is 4.37. The van der Waals surface area contributed by atoms with Crippen molar-refractivity contribution in [3.63, 3.8) is 0 Å². The number of rotatable bonds is 8. The first-order valence-corrected chi connectivity index (χ1v) is 11.3. The standard InChI is InChI=1S/C26H36FN/c1-4-8-21(5-2)23-10-7-6-9-22(23)14-12-20-13-15-24(25(27)17-20)26-16-11-19(3)18-28-26/h11,13,15-18,21-23H,4-10,12,14H2,1-3H3/t21?,22-,23-/m0/s1. The zero-order valence-corrected chi connectivity index (χ0v) is 17.9. The molecule has 3 atom stereocenters. The molecular formula is C26H36FN. The lowest BCUT2D eigenvalue weighted by Gasteiger charge is -2.37. The molecule has 28 heavy (non-hydrogen) atoms. The first kappa shape index (κ1) is 21.0. The highest BCUT2D eigenvalue weighted by atomic mass is 19.1. The lowest BCUT2D eigenvalue weighted by Crippen LogP contribution is -2.27. The summed E-state index contributed by atoms with van der Waals surface area (Å²) in [5.74, 6) is 2.42. The van der Waals surface area contributed by atoms with Gasteiger partial charge in [-0.25, -0.2) is 4.39 Å². The monoisotopic (exact) mass is 381 g/mol. The van der Waals surface area contributed by atoms with Crippen LogP contribution in [0.25, 0.3) is 11.3 Å². The van der Waals surface area contributed by atoms with Crippen LogP contribution in [-0.4, -0.2) is 4.98 Å². The number of hydrogen-bond donors (Lipinski definition) is 0. The second-order valence-electron chi connectivity index (χ2n) is 8.74. The predicted molar refractivity (Wildman–Crippen MR) is 117 cm³/mol. The summed E-state index contributed by atoms with van der Waals surface area (Å²) in [5, 5.41) is 0. The molecule has 1 aliphatic rings. The van der Waals surface area contributed by atoms with Gasteiger partial charge in [0.2, 0.25) is 0 Å². The minimum atomic E-state index is -0.147. The number of aryl methyl sites for hydroxylation is 2. The molecule has 1 fully saturated rings. The molecule has 1 unspecified atom stereocenters. The van der Waals surface area contributed by atoms with Crippen molar-refractivity contribution >= 4 is 0 Å². The molecule has 1 heterocycles. The lowest BCUT2D eigenvalue weighted by molar-refractivity contribution is 0.140. The summed E-state index contributed by atoms with van der Waals surface area (Å²) in [7, 11) is 0. The van der Waals surface area contributed by atoms with E-state index in [1.54, 1.807) is 12.3 Å². The van der Waals surface area contributed by atoms with E-state index in [1.807, 2.05) is 25.1 Å². The summed E-state index contributed by atoms with van der Waals surface area (Å²) in [6, 6.07) is 9.63. The molecule has 2 heteroatoms. The number of aromatic nitrogens is 1. The van der Waals surface area contributed by atoms with Crippen LogP contribution in [0.2, 0.25) is 0 Å². The summed E-state index contributed by atoms with van der Waals surface area (Å²) >= 11 is 0. The SMILES string of the molecule is CCCC(CC)[C@@H]1CCCC[C@H]1CCc1ccc(-c2ccc(C)cn2)c(F)c1. The molecule has 0 amide bonds. The highest BCUT2D eigenvalue weighted by molar-refractivity contribution is 5.60. The van der Waals surface area contributed by atoms with Crippen molar-refractivity contribution in [2.75, 3.05) is 0 Å². The van der Waals surface area contributed by atoms with Crippen molar-refractivity contribution in [3.8, 4) is 11.3 Å². The van der Waals surface area contributed by atoms with E-state index in [4.69, 9.17) is 0 Å². The molecule has 1 aromatic heterocycles. The van der Waals surface area contributed by atoms with Crippen LogP contribution in [0.4, 0.5) is 4.39 Å². The first-order chi connectivity index (χ1) is 13.6. The van der Waals surface area contributed by atoms with Gasteiger partial charge in [0.15, 0.2) is 0 Å². The number of pyridine rings is 1. The molecule has 152 valence electrons. The van der Waals surface area contributed by atoms with Crippen molar-refractivity contribution in [3.05, 3.63) is 53.5 Å². The Balaban J connectivity index is 1.66. The van der Waals surface area contributed by atoms with Gasteiger partial charge in [-0.1, -0.05) is 64.5 Å². The van der Waals surface area contributed by atoms with E-state index in [9.17, 15) is 4.39 Å². The molecule has 0 aliphatic heterocycles. The van der Waals surface area contributed by atoms with Gasteiger partial charge in [-0.3, -0.25) is 4.98 Å². The molecular weight excluding hydrogens is 345 g/mol. The van der Waals surface area contributed by atoms with Gasteiger partial charge in [0.05, 0.1) is 5.69 Å². The molecule has 2 aromatic rings. The smallest absolute Gasteiger partial charge is 0.132 e. The van der Waals surface area contributed by atoms with Gasteiger partial charge in [-0.05, 0) is 73.3 Å². The third kappa shape index (κ3) is 5.21. The Morgan fingerprint density at radius 3 is 2.61 bits per heavy atom. The minimum absolute atomic E-state index is 0.147. The topological polar surface area (TPSA) is 12.9 Å². The van der Waals surface area contributed by atoms with Crippen LogP contribution in [0.15, 0.2) is 36.5 Å². The average molecular weight is 382 g/mol. The zero-order chi connectivity index (χ0) is 19.9. The van der Waals surface area contributed by atoms with Gasteiger partial charge in [0.1, 0.15) is 5.82 Å². The second kappa shape index (κ2) is 10.2. The van der Waals surface area contributed by atoms with Crippen molar-refractivity contribution in [2.45, 2.75) is 78.6 Å². The Hall–Kier alpha value is -1.70. The van der Waals surface area contributed by atoms with Crippen molar-refractivity contribution < 1.29 is 4.39 Å². The van der Waals surface area contributed by atoms with Crippen molar-refractivity contribution in [2.24, 2.45) is 17.8 Å². The molecule has 1 aromatic carbocycles. The Labute approximate surface area is 170 Å². The van der Waals surface area contributed by atoms with E-state index < -0.39 is 0 Å². The van der Waals surface area contributed by atoms with E-state index in [0.717, 1.165) is 35.3 Å². The van der Waals surface area contributed by atoms with Crippen LogP contribution >= 0.6 is 0 Å². The van der Waals surface area contributed by atoms with E-state index in [-0.39, 0.29) is 5.82 Å². The summed E-state index contributed by atoms with van der Waals surface area (Å²) in [6.07, 6.45) is 13.5. The second-order valence-corrected chi connectivity index (χ2v) is 8.74. The number of benzene rings is 1. The van der Waals surface area contributed by atoms with E-state index in [1.165, 1.54) is 51.4 Å². The molecule has 0 saturated heterocycles. The zero-order valence-electron chi connectivity index (χ0n) is 17.9. The fourth-order valence-corrected chi connectivity index (χ4v) is 5.21. The van der Waals surface area contributed by atoms with E-state index >= 15 is 0 Å². The first-order valence-electron chi connectivity index (χ1n) is 11.3.